The van der Waals surface area contributed by atoms with Crippen molar-refractivity contribution in [3.63, 3.8) is 0 Å². The van der Waals surface area contributed by atoms with Gasteiger partial charge in [0, 0.05) is 5.92 Å². The van der Waals surface area contributed by atoms with Crippen LogP contribution in [0.3, 0.4) is 0 Å². The van der Waals surface area contributed by atoms with Crippen molar-refractivity contribution in [1.82, 2.24) is 0 Å². The molecule has 0 radical (unpaired) electrons. The molecule has 0 amide bonds. The van der Waals surface area contributed by atoms with Crippen LogP contribution in [0.25, 0.3) is 0 Å². The Bertz CT molecular complexity index is 368. The van der Waals surface area contributed by atoms with E-state index in [1.165, 1.54) is 0 Å². The Labute approximate surface area is 103 Å². The van der Waals surface area contributed by atoms with Gasteiger partial charge in [0.15, 0.2) is 0 Å². The number of ether oxygens (including phenoxy) is 1. The molecule has 0 spiro atoms. The van der Waals surface area contributed by atoms with Crippen LogP contribution in [0.15, 0.2) is 30.3 Å². The average Bonchev–Trinajstić information content (AvgIpc) is 2.26. The molecule has 1 rings (SSSR count). The number of nitrogens with two attached hydrogens (primary N) is 1. The van der Waals surface area contributed by atoms with E-state index >= 15 is 0 Å². The molecule has 0 aliphatic carbocycles. The minimum atomic E-state index is -0.628. The van der Waals surface area contributed by atoms with E-state index in [9.17, 15) is 4.79 Å². The zero-order chi connectivity index (χ0) is 13.1. The summed E-state index contributed by atoms with van der Waals surface area (Å²) in [4.78, 5) is 11.8. The van der Waals surface area contributed by atoms with Crippen molar-refractivity contribution in [2.24, 2.45) is 5.73 Å². The molecule has 0 unspecified atom stereocenters. The first kappa shape index (κ1) is 13.7. The summed E-state index contributed by atoms with van der Waals surface area (Å²) in [5, 5.41) is 0. The van der Waals surface area contributed by atoms with Crippen molar-refractivity contribution in [2.75, 3.05) is 0 Å². The molecule has 0 aliphatic heterocycles. The van der Waals surface area contributed by atoms with E-state index in [0.29, 0.717) is 0 Å². The summed E-state index contributed by atoms with van der Waals surface area (Å²) in [5.74, 6) is -0.403. The summed E-state index contributed by atoms with van der Waals surface area (Å²) in [6, 6.07) is 9.12. The second-order valence-electron chi connectivity index (χ2n) is 5.26. The number of carbonyl (C=O) groups is 1. The third kappa shape index (κ3) is 4.19. The van der Waals surface area contributed by atoms with Crippen LogP contribution in [-0.2, 0) is 9.53 Å². The molecule has 2 N–H and O–H groups in total. The lowest BCUT2D eigenvalue weighted by atomic mass is 9.94. The monoisotopic (exact) mass is 235 g/mol. The van der Waals surface area contributed by atoms with Crippen molar-refractivity contribution in [3.8, 4) is 0 Å². The minimum absolute atomic E-state index is 0.0500. The van der Waals surface area contributed by atoms with Crippen LogP contribution in [-0.4, -0.2) is 17.6 Å². The molecule has 17 heavy (non-hydrogen) atoms. The summed E-state index contributed by atoms with van der Waals surface area (Å²) in [6.45, 7) is 7.45. The van der Waals surface area contributed by atoms with Gasteiger partial charge in [-0.05, 0) is 26.3 Å². The average molecular weight is 235 g/mol. The molecule has 3 nitrogen and oxygen atoms in total. The van der Waals surface area contributed by atoms with Crippen LogP contribution < -0.4 is 5.73 Å². The van der Waals surface area contributed by atoms with E-state index < -0.39 is 11.6 Å². The summed E-state index contributed by atoms with van der Waals surface area (Å²) < 4.78 is 5.28. The molecule has 0 saturated heterocycles. The smallest absolute Gasteiger partial charge is 0.324 e. The molecule has 0 bridgehead atoms. The van der Waals surface area contributed by atoms with Gasteiger partial charge >= 0.3 is 5.97 Å². The topological polar surface area (TPSA) is 52.3 Å². The predicted octanol–water partition coefficient (Wildman–Crippen LogP) is 2.46. The Balaban J connectivity index is 2.70. The van der Waals surface area contributed by atoms with E-state index in [1.807, 2.05) is 58.0 Å². The van der Waals surface area contributed by atoms with Crippen LogP contribution in [0.1, 0.15) is 39.2 Å². The van der Waals surface area contributed by atoms with Gasteiger partial charge < -0.3 is 10.5 Å². The fourth-order valence-corrected chi connectivity index (χ4v) is 1.54. The summed E-state index contributed by atoms with van der Waals surface area (Å²) >= 11 is 0. The maximum Gasteiger partial charge on any atom is 0.324 e. The molecule has 2 atom stereocenters. The van der Waals surface area contributed by atoms with Crippen LogP contribution in [0.4, 0.5) is 0 Å². The first-order valence-electron chi connectivity index (χ1n) is 5.84. The first-order valence-corrected chi connectivity index (χ1v) is 5.84. The largest absolute Gasteiger partial charge is 0.459 e. The van der Waals surface area contributed by atoms with Crippen LogP contribution in [0.5, 0.6) is 0 Å². The second kappa shape index (κ2) is 5.32. The standard InChI is InChI=1S/C14H21NO2/c1-10(11-8-6-5-7-9-11)12(15)13(16)17-14(2,3)4/h5-10,12H,15H2,1-4H3/t10-,12-/m1/s1. The highest BCUT2D eigenvalue weighted by atomic mass is 16.6. The molecule has 1 aromatic rings. The lowest BCUT2D eigenvalue weighted by Gasteiger charge is -2.25. The normalized spacial score (nSPS) is 15.1. The quantitative estimate of drug-likeness (QED) is 0.819. The molecule has 0 heterocycles. The van der Waals surface area contributed by atoms with Crippen molar-refractivity contribution >= 4 is 5.97 Å². The number of benzene rings is 1. The van der Waals surface area contributed by atoms with Crippen LogP contribution in [0, 0.1) is 0 Å². The van der Waals surface area contributed by atoms with Gasteiger partial charge in [-0.2, -0.15) is 0 Å². The Morgan fingerprint density at radius 1 is 1.24 bits per heavy atom. The van der Waals surface area contributed by atoms with E-state index in [0.717, 1.165) is 5.56 Å². The number of hydrogen-bond acceptors (Lipinski definition) is 3. The van der Waals surface area contributed by atoms with Crippen LogP contribution in [0.2, 0.25) is 0 Å². The molecule has 94 valence electrons. The number of hydrogen-bond donors (Lipinski definition) is 1. The Kier molecular flexibility index (Phi) is 4.29. The molecule has 0 aromatic heterocycles. The van der Waals surface area contributed by atoms with Gasteiger partial charge in [0.25, 0.3) is 0 Å². The molecule has 0 fully saturated rings. The van der Waals surface area contributed by atoms with Crippen molar-refractivity contribution in [1.29, 1.82) is 0 Å². The van der Waals surface area contributed by atoms with Crippen molar-refractivity contribution in [3.05, 3.63) is 35.9 Å². The Morgan fingerprint density at radius 2 is 1.76 bits per heavy atom. The van der Waals surface area contributed by atoms with Gasteiger partial charge in [-0.25, -0.2) is 0 Å². The fraction of sp³-hybridized carbons (Fsp3) is 0.500. The predicted molar refractivity (Wildman–Crippen MR) is 68.7 cm³/mol. The highest BCUT2D eigenvalue weighted by Gasteiger charge is 2.27. The van der Waals surface area contributed by atoms with Gasteiger partial charge in [-0.1, -0.05) is 37.3 Å². The first-order chi connectivity index (χ1) is 7.81. The number of carbonyl (C=O) groups excluding carboxylic acids is 1. The Hall–Kier alpha value is -1.35. The molecule has 0 saturated carbocycles. The van der Waals surface area contributed by atoms with Crippen LogP contribution >= 0.6 is 0 Å². The third-order valence-electron chi connectivity index (χ3n) is 2.54. The molecular formula is C14H21NO2. The second-order valence-corrected chi connectivity index (χ2v) is 5.26. The Morgan fingerprint density at radius 3 is 2.24 bits per heavy atom. The van der Waals surface area contributed by atoms with E-state index in [2.05, 4.69) is 0 Å². The maximum absolute atomic E-state index is 11.8. The number of esters is 1. The fourth-order valence-electron chi connectivity index (χ4n) is 1.54. The van der Waals surface area contributed by atoms with Crippen molar-refractivity contribution in [2.45, 2.75) is 45.3 Å². The van der Waals surface area contributed by atoms with Gasteiger partial charge in [-0.3, -0.25) is 4.79 Å². The van der Waals surface area contributed by atoms with E-state index in [-0.39, 0.29) is 11.9 Å². The third-order valence-corrected chi connectivity index (χ3v) is 2.54. The molecular weight excluding hydrogens is 214 g/mol. The molecule has 0 aliphatic rings. The highest BCUT2D eigenvalue weighted by Crippen LogP contribution is 2.20. The van der Waals surface area contributed by atoms with Crippen molar-refractivity contribution < 1.29 is 9.53 Å². The SMILES string of the molecule is C[C@H](c1ccccc1)[C@@H](N)C(=O)OC(C)(C)C. The zero-order valence-electron chi connectivity index (χ0n) is 10.9. The molecule has 1 aromatic carbocycles. The van der Waals surface area contributed by atoms with E-state index in [1.54, 1.807) is 0 Å². The lowest BCUT2D eigenvalue weighted by molar-refractivity contribution is -0.156. The van der Waals surface area contributed by atoms with Gasteiger partial charge in [0.2, 0.25) is 0 Å². The summed E-state index contributed by atoms with van der Waals surface area (Å²) in [7, 11) is 0. The molecule has 3 heteroatoms. The maximum atomic E-state index is 11.8. The van der Waals surface area contributed by atoms with Gasteiger partial charge in [-0.15, -0.1) is 0 Å². The lowest BCUT2D eigenvalue weighted by Crippen LogP contribution is -2.40. The highest BCUT2D eigenvalue weighted by molar-refractivity contribution is 5.77. The zero-order valence-corrected chi connectivity index (χ0v) is 10.9. The minimum Gasteiger partial charge on any atom is -0.459 e. The summed E-state index contributed by atoms with van der Waals surface area (Å²) in [6.07, 6.45) is 0. The number of rotatable bonds is 3. The van der Waals surface area contributed by atoms with Gasteiger partial charge in [0.05, 0.1) is 0 Å². The summed E-state index contributed by atoms with van der Waals surface area (Å²) in [5.41, 5.74) is 6.48. The van der Waals surface area contributed by atoms with E-state index in [4.69, 9.17) is 10.5 Å². The van der Waals surface area contributed by atoms with Gasteiger partial charge in [0.1, 0.15) is 11.6 Å².